The van der Waals surface area contributed by atoms with Crippen LogP contribution in [0.3, 0.4) is 0 Å². The number of sulfonamides is 1. The molecule has 0 saturated heterocycles. The van der Waals surface area contributed by atoms with Crippen LogP contribution in [-0.4, -0.2) is 28.7 Å². The van der Waals surface area contributed by atoms with Crippen LogP contribution < -0.4 is 25.2 Å². The molecule has 2 rings (SSSR count). The molecule has 0 unspecified atom stereocenters. The van der Waals surface area contributed by atoms with E-state index >= 15 is 0 Å². The van der Waals surface area contributed by atoms with E-state index in [0.29, 0.717) is 23.6 Å². The van der Waals surface area contributed by atoms with Gasteiger partial charge in [-0.2, -0.15) is 0 Å². The van der Waals surface area contributed by atoms with Gasteiger partial charge in [0.15, 0.2) is 11.5 Å². The van der Waals surface area contributed by atoms with E-state index in [1.807, 2.05) is 6.07 Å². The number of benzene rings is 2. The van der Waals surface area contributed by atoms with Crippen molar-refractivity contribution in [3.63, 3.8) is 0 Å². The molecule has 2 aromatic carbocycles. The van der Waals surface area contributed by atoms with Crippen LogP contribution in [0.5, 0.6) is 11.5 Å². The molecule has 27 heavy (non-hydrogen) atoms. The molecule has 0 aliphatic carbocycles. The maximum absolute atomic E-state index is 12.0. The molecule has 0 heterocycles. The zero-order chi connectivity index (χ0) is 19.9. The topological polar surface area (TPSA) is 120 Å². The van der Waals surface area contributed by atoms with Gasteiger partial charge in [-0.15, -0.1) is 0 Å². The lowest BCUT2D eigenvalue weighted by molar-refractivity contribution is 0.240. The van der Waals surface area contributed by atoms with Gasteiger partial charge in [-0.05, 0) is 28.8 Å². The van der Waals surface area contributed by atoms with E-state index < -0.39 is 10.0 Å². The second kappa shape index (κ2) is 9.24. The number of primary sulfonamides is 1. The number of carbonyl (C=O) groups is 1. The van der Waals surface area contributed by atoms with Crippen LogP contribution in [0, 0.1) is 0 Å². The first-order chi connectivity index (χ1) is 12.8. The monoisotopic (exact) mass is 393 g/mol. The Morgan fingerprint density at radius 2 is 1.52 bits per heavy atom. The average Bonchev–Trinajstić information content (AvgIpc) is 2.63. The Kier molecular flexibility index (Phi) is 7.03. The molecule has 8 nitrogen and oxygen atoms in total. The number of nitrogens with two attached hydrogens (primary N) is 1. The standard InChI is InChI=1S/C18H23N3O5S/c1-25-16-7-6-14(9-17(16)26-2)11-21-18(22)20-10-13-4-3-5-15(8-13)12-27(19,23)24/h3-9H,10-12H2,1-2H3,(H2,19,23,24)(H2,20,21,22). The van der Waals surface area contributed by atoms with Crippen molar-refractivity contribution < 1.29 is 22.7 Å². The lowest BCUT2D eigenvalue weighted by atomic mass is 10.1. The molecule has 2 aromatic rings. The summed E-state index contributed by atoms with van der Waals surface area (Å²) in [5.41, 5.74) is 2.21. The quantitative estimate of drug-likeness (QED) is 0.628. The average molecular weight is 393 g/mol. The number of hydrogen-bond acceptors (Lipinski definition) is 5. The highest BCUT2D eigenvalue weighted by atomic mass is 32.2. The number of ether oxygens (including phenoxy) is 2. The lowest BCUT2D eigenvalue weighted by Gasteiger charge is -2.11. The van der Waals surface area contributed by atoms with Gasteiger partial charge in [0.25, 0.3) is 0 Å². The molecule has 0 aromatic heterocycles. The molecule has 0 radical (unpaired) electrons. The number of hydrogen-bond donors (Lipinski definition) is 3. The first kappa shape index (κ1) is 20.5. The first-order valence-corrected chi connectivity index (χ1v) is 9.83. The summed E-state index contributed by atoms with van der Waals surface area (Å²) >= 11 is 0. The molecule has 2 amide bonds. The minimum absolute atomic E-state index is 0.244. The third-order valence-electron chi connectivity index (χ3n) is 3.71. The molecule has 0 aliphatic heterocycles. The van der Waals surface area contributed by atoms with E-state index in [1.165, 1.54) is 0 Å². The Labute approximate surface area is 158 Å². The summed E-state index contributed by atoms with van der Waals surface area (Å²) < 4.78 is 32.7. The van der Waals surface area contributed by atoms with Crippen molar-refractivity contribution in [2.45, 2.75) is 18.8 Å². The lowest BCUT2D eigenvalue weighted by Crippen LogP contribution is -2.34. The van der Waals surface area contributed by atoms with Crippen LogP contribution in [0.4, 0.5) is 4.79 Å². The molecule has 146 valence electrons. The predicted octanol–water partition coefficient (Wildman–Crippen LogP) is 1.49. The summed E-state index contributed by atoms with van der Waals surface area (Å²) in [5.74, 6) is 0.959. The third kappa shape index (κ3) is 6.80. The molecule has 0 aliphatic rings. The summed E-state index contributed by atoms with van der Waals surface area (Å²) in [4.78, 5) is 12.0. The summed E-state index contributed by atoms with van der Waals surface area (Å²) in [6, 6.07) is 11.9. The number of rotatable bonds is 8. The Hall–Kier alpha value is -2.78. The van der Waals surface area contributed by atoms with E-state index in [-0.39, 0.29) is 18.3 Å². The zero-order valence-corrected chi connectivity index (χ0v) is 16.0. The molecule has 0 bridgehead atoms. The largest absolute Gasteiger partial charge is 0.493 e. The number of amides is 2. The number of methoxy groups -OCH3 is 2. The van der Waals surface area contributed by atoms with Crippen molar-refractivity contribution in [1.82, 2.24) is 10.6 Å². The van der Waals surface area contributed by atoms with Crippen LogP contribution in [0.15, 0.2) is 42.5 Å². The van der Waals surface area contributed by atoms with E-state index in [9.17, 15) is 13.2 Å². The Morgan fingerprint density at radius 1 is 0.926 bits per heavy atom. The van der Waals surface area contributed by atoms with Crippen LogP contribution in [0.1, 0.15) is 16.7 Å². The minimum Gasteiger partial charge on any atom is -0.493 e. The second-order valence-electron chi connectivity index (χ2n) is 5.85. The van der Waals surface area contributed by atoms with Gasteiger partial charge < -0.3 is 20.1 Å². The van der Waals surface area contributed by atoms with Crippen molar-refractivity contribution in [1.29, 1.82) is 0 Å². The summed E-state index contributed by atoms with van der Waals surface area (Å²) in [6.07, 6.45) is 0. The smallest absolute Gasteiger partial charge is 0.315 e. The van der Waals surface area contributed by atoms with Crippen molar-refractivity contribution in [3.8, 4) is 11.5 Å². The molecular formula is C18H23N3O5S. The van der Waals surface area contributed by atoms with Gasteiger partial charge in [-0.25, -0.2) is 18.4 Å². The highest BCUT2D eigenvalue weighted by molar-refractivity contribution is 7.88. The van der Waals surface area contributed by atoms with Crippen molar-refractivity contribution in [3.05, 3.63) is 59.2 Å². The van der Waals surface area contributed by atoms with E-state index in [4.69, 9.17) is 14.6 Å². The number of urea groups is 1. The fourth-order valence-corrected chi connectivity index (χ4v) is 3.12. The zero-order valence-electron chi connectivity index (χ0n) is 15.2. The normalized spacial score (nSPS) is 10.9. The predicted molar refractivity (Wildman–Crippen MR) is 102 cm³/mol. The summed E-state index contributed by atoms with van der Waals surface area (Å²) in [7, 11) is -0.490. The van der Waals surface area contributed by atoms with E-state index in [0.717, 1.165) is 11.1 Å². The molecule has 0 fully saturated rings. The molecule has 4 N–H and O–H groups in total. The molecular weight excluding hydrogens is 370 g/mol. The number of nitrogens with one attached hydrogen (secondary N) is 2. The third-order valence-corrected chi connectivity index (χ3v) is 4.45. The van der Waals surface area contributed by atoms with Crippen LogP contribution in [-0.2, 0) is 28.9 Å². The first-order valence-electron chi connectivity index (χ1n) is 8.11. The van der Waals surface area contributed by atoms with E-state index in [1.54, 1.807) is 50.6 Å². The SMILES string of the molecule is COc1ccc(CNC(=O)NCc2cccc(CS(N)(=O)=O)c2)cc1OC. The van der Waals surface area contributed by atoms with Gasteiger partial charge >= 0.3 is 6.03 Å². The van der Waals surface area contributed by atoms with Gasteiger partial charge in [-0.3, -0.25) is 0 Å². The van der Waals surface area contributed by atoms with Gasteiger partial charge in [0.1, 0.15) is 0 Å². The second-order valence-corrected chi connectivity index (χ2v) is 7.47. The molecule has 9 heteroatoms. The fraction of sp³-hybridized carbons (Fsp3) is 0.278. The Balaban J connectivity index is 1.87. The molecule has 0 spiro atoms. The highest BCUT2D eigenvalue weighted by Crippen LogP contribution is 2.27. The van der Waals surface area contributed by atoms with Gasteiger partial charge in [0, 0.05) is 13.1 Å². The van der Waals surface area contributed by atoms with Crippen LogP contribution >= 0.6 is 0 Å². The summed E-state index contributed by atoms with van der Waals surface area (Å²) in [5, 5.41) is 10.5. The number of carbonyl (C=O) groups excluding carboxylic acids is 1. The van der Waals surface area contributed by atoms with Gasteiger partial charge in [-0.1, -0.05) is 30.3 Å². The van der Waals surface area contributed by atoms with Gasteiger partial charge in [0.05, 0.1) is 20.0 Å². The minimum atomic E-state index is -3.59. The van der Waals surface area contributed by atoms with Gasteiger partial charge in [0.2, 0.25) is 10.0 Å². The van der Waals surface area contributed by atoms with Crippen LogP contribution in [0.2, 0.25) is 0 Å². The van der Waals surface area contributed by atoms with Crippen molar-refractivity contribution >= 4 is 16.1 Å². The Bertz CT molecular complexity index is 900. The Morgan fingerprint density at radius 3 is 2.11 bits per heavy atom. The highest BCUT2D eigenvalue weighted by Gasteiger charge is 2.08. The molecule has 0 atom stereocenters. The fourth-order valence-electron chi connectivity index (χ4n) is 2.48. The van der Waals surface area contributed by atoms with Crippen LogP contribution in [0.25, 0.3) is 0 Å². The van der Waals surface area contributed by atoms with E-state index in [2.05, 4.69) is 10.6 Å². The maximum atomic E-state index is 12.0. The maximum Gasteiger partial charge on any atom is 0.315 e. The van der Waals surface area contributed by atoms with Crippen molar-refractivity contribution in [2.24, 2.45) is 5.14 Å². The molecule has 0 saturated carbocycles. The summed E-state index contributed by atoms with van der Waals surface area (Å²) in [6.45, 7) is 0.577. The van der Waals surface area contributed by atoms with Crippen molar-refractivity contribution in [2.75, 3.05) is 14.2 Å².